The Morgan fingerprint density at radius 3 is 2.38 bits per heavy atom. The van der Waals surface area contributed by atoms with Crippen molar-refractivity contribution in [2.45, 2.75) is 26.1 Å². The van der Waals surface area contributed by atoms with Crippen LogP contribution in [-0.2, 0) is 0 Å². The van der Waals surface area contributed by atoms with Crippen LogP contribution < -0.4 is 5.32 Å². The fourth-order valence-corrected chi connectivity index (χ4v) is 1.12. The highest BCUT2D eigenvalue weighted by molar-refractivity contribution is 6.28. The molecule has 0 aliphatic carbocycles. The number of hydrogen-bond donors (Lipinski definition) is 1. The monoisotopic (exact) mass is 257 g/mol. The molecule has 1 atom stereocenters. The number of halogens is 5. The third-order valence-electron chi connectivity index (χ3n) is 1.83. The highest BCUT2D eigenvalue weighted by Crippen LogP contribution is 2.24. The zero-order valence-electron chi connectivity index (χ0n) is 8.36. The second-order valence-corrected chi connectivity index (χ2v) is 3.49. The molecule has 16 heavy (non-hydrogen) atoms. The van der Waals surface area contributed by atoms with Gasteiger partial charge in [-0.3, -0.25) is 0 Å². The van der Waals surface area contributed by atoms with Crippen molar-refractivity contribution in [2.75, 3.05) is 5.32 Å². The lowest BCUT2D eigenvalue weighted by molar-refractivity contribution is -0.138. The molecule has 1 aromatic heterocycles. The Labute approximate surface area is 93.8 Å². The second-order valence-electron chi connectivity index (χ2n) is 3.15. The molecular formula is C8H8ClF4N3. The maximum atomic E-state index is 13.3. The quantitative estimate of drug-likeness (QED) is 0.654. The van der Waals surface area contributed by atoms with Crippen molar-refractivity contribution in [3.05, 3.63) is 16.8 Å². The van der Waals surface area contributed by atoms with E-state index in [0.29, 0.717) is 0 Å². The summed E-state index contributed by atoms with van der Waals surface area (Å²) in [5.74, 6) is -1.50. The van der Waals surface area contributed by atoms with Crippen molar-refractivity contribution in [1.29, 1.82) is 0 Å². The van der Waals surface area contributed by atoms with E-state index in [1.165, 1.54) is 6.92 Å². The number of aryl methyl sites for hydroxylation is 1. The first-order valence-corrected chi connectivity index (χ1v) is 4.62. The first-order chi connectivity index (χ1) is 7.21. The first kappa shape index (κ1) is 13.0. The Bertz CT molecular complexity index is 394. The van der Waals surface area contributed by atoms with Crippen LogP contribution in [0.3, 0.4) is 0 Å². The van der Waals surface area contributed by atoms with Crippen molar-refractivity contribution in [3.8, 4) is 0 Å². The number of alkyl halides is 3. The van der Waals surface area contributed by atoms with Crippen molar-refractivity contribution < 1.29 is 17.6 Å². The van der Waals surface area contributed by atoms with Gasteiger partial charge in [0.25, 0.3) is 0 Å². The highest BCUT2D eigenvalue weighted by atomic mass is 35.5. The Morgan fingerprint density at radius 1 is 1.31 bits per heavy atom. The SMILES string of the molecule is Cc1nc(Cl)nc(N[C@H](C)C(F)(F)F)c1F. The van der Waals surface area contributed by atoms with Crippen LogP contribution in [0.25, 0.3) is 0 Å². The van der Waals surface area contributed by atoms with E-state index in [1.807, 2.05) is 5.32 Å². The Balaban J connectivity index is 2.98. The largest absolute Gasteiger partial charge is 0.408 e. The van der Waals surface area contributed by atoms with E-state index in [2.05, 4.69) is 9.97 Å². The summed E-state index contributed by atoms with van der Waals surface area (Å²) in [5, 5.41) is 1.59. The smallest absolute Gasteiger partial charge is 0.356 e. The highest BCUT2D eigenvalue weighted by Gasteiger charge is 2.36. The lowest BCUT2D eigenvalue weighted by Crippen LogP contribution is -2.33. The zero-order valence-corrected chi connectivity index (χ0v) is 9.12. The van der Waals surface area contributed by atoms with E-state index in [4.69, 9.17) is 11.6 Å². The molecule has 1 aromatic rings. The van der Waals surface area contributed by atoms with E-state index in [9.17, 15) is 17.6 Å². The minimum absolute atomic E-state index is 0.114. The van der Waals surface area contributed by atoms with Gasteiger partial charge in [-0.15, -0.1) is 0 Å². The van der Waals surface area contributed by atoms with Crippen LogP contribution >= 0.6 is 11.6 Å². The molecule has 0 aliphatic rings. The standard InChI is InChI=1S/C8H8ClF4N3/c1-3-5(10)6(16-7(9)14-3)15-4(2)8(11,12)13/h4H,1-2H3,(H,14,15,16)/t4-/m1/s1. The maximum absolute atomic E-state index is 13.3. The van der Waals surface area contributed by atoms with Gasteiger partial charge in [-0.05, 0) is 25.4 Å². The van der Waals surface area contributed by atoms with E-state index in [-0.39, 0.29) is 11.0 Å². The second kappa shape index (κ2) is 4.40. The summed E-state index contributed by atoms with van der Waals surface area (Å²) in [6, 6.07) is -1.92. The topological polar surface area (TPSA) is 37.8 Å². The predicted molar refractivity (Wildman–Crippen MR) is 50.9 cm³/mol. The number of nitrogens with one attached hydrogen (secondary N) is 1. The van der Waals surface area contributed by atoms with Gasteiger partial charge in [0, 0.05) is 0 Å². The van der Waals surface area contributed by atoms with Gasteiger partial charge in [-0.25, -0.2) is 9.37 Å². The summed E-state index contributed by atoms with van der Waals surface area (Å²) in [4.78, 5) is 6.82. The van der Waals surface area contributed by atoms with Gasteiger partial charge in [0.15, 0.2) is 11.6 Å². The van der Waals surface area contributed by atoms with Crippen LogP contribution in [0, 0.1) is 12.7 Å². The van der Waals surface area contributed by atoms with Crippen molar-refractivity contribution in [1.82, 2.24) is 9.97 Å². The third-order valence-corrected chi connectivity index (χ3v) is 2.00. The van der Waals surface area contributed by atoms with E-state index in [0.717, 1.165) is 6.92 Å². The Hall–Kier alpha value is -1.11. The summed E-state index contributed by atoms with van der Waals surface area (Å²) in [7, 11) is 0. The van der Waals surface area contributed by atoms with Gasteiger partial charge < -0.3 is 5.32 Å². The third kappa shape index (κ3) is 2.94. The average Bonchev–Trinajstić information content (AvgIpc) is 2.11. The normalized spacial score (nSPS) is 13.7. The van der Waals surface area contributed by atoms with E-state index >= 15 is 0 Å². The van der Waals surface area contributed by atoms with Gasteiger partial charge >= 0.3 is 6.18 Å². The van der Waals surface area contributed by atoms with Crippen LogP contribution in [0.1, 0.15) is 12.6 Å². The zero-order chi connectivity index (χ0) is 12.5. The van der Waals surface area contributed by atoms with Gasteiger partial charge in [0.1, 0.15) is 6.04 Å². The molecule has 8 heteroatoms. The van der Waals surface area contributed by atoms with Crippen LogP contribution in [0.4, 0.5) is 23.4 Å². The van der Waals surface area contributed by atoms with E-state index in [1.54, 1.807) is 0 Å². The fourth-order valence-electron chi connectivity index (χ4n) is 0.908. The number of nitrogens with zero attached hydrogens (tertiary/aromatic N) is 2. The summed E-state index contributed by atoms with van der Waals surface area (Å²) in [6.07, 6.45) is -4.49. The molecule has 1 rings (SSSR count). The Kier molecular flexibility index (Phi) is 3.57. The lowest BCUT2D eigenvalue weighted by Gasteiger charge is -2.18. The molecule has 1 N–H and O–H groups in total. The molecule has 0 bridgehead atoms. The number of anilines is 1. The molecule has 0 aromatic carbocycles. The molecule has 0 radical (unpaired) electrons. The van der Waals surface area contributed by atoms with Gasteiger partial charge in [0.05, 0.1) is 5.69 Å². The van der Waals surface area contributed by atoms with Gasteiger partial charge in [-0.1, -0.05) is 0 Å². The summed E-state index contributed by atoms with van der Waals surface area (Å²) in [6.45, 7) is 2.14. The summed E-state index contributed by atoms with van der Waals surface area (Å²) >= 11 is 5.41. The number of aromatic nitrogens is 2. The summed E-state index contributed by atoms with van der Waals surface area (Å²) in [5.41, 5.74) is -0.114. The van der Waals surface area contributed by atoms with Gasteiger partial charge in [0.2, 0.25) is 5.28 Å². The molecule has 0 spiro atoms. The molecule has 0 amide bonds. The van der Waals surface area contributed by atoms with Crippen molar-refractivity contribution in [2.24, 2.45) is 0 Å². The lowest BCUT2D eigenvalue weighted by atomic mass is 10.3. The molecule has 3 nitrogen and oxygen atoms in total. The molecule has 1 heterocycles. The summed E-state index contributed by atoms with van der Waals surface area (Å²) < 4.78 is 49.9. The van der Waals surface area contributed by atoms with Gasteiger partial charge in [-0.2, -0.15) is 18.2 Å². The fraction of sp³-hybridized carbons (Fsp3) is 0.500. The Morgan fingerprint density at radius 2 is 1.88 bits per heavy atom. The molecule has 0 aliphatic heterocycles. The predicted octanol–water partition coefficient (Wildman–Crippen LogP) is 2.94. The van der Waals surface area contributed by atoms with E-state index < -0.39 is 23.9 Å². The molecule has 0 saturated heterocycles. The molecule has 0 fully saturated rings. The van der Waals surface area contributed by atoms with Crippen LogP contribution in [-0.4, -0.2) is 22.2 Å². The number of hydrogen-bond acceptors (Lipinski definition) is 3. The van der Waals surface area contributed by atoms with Crippen LogP contribution in [0.15, 0.2) is 0 Å². The van der Waals surface area contributed by atoms with Crippen LogP contribution in [0.5, 0.6) is 0 Å². The van der Waals surface area contributed by atoms with Crippen molar-refractivity contribution >= 4 is 17.4 Å². The minimum atomic E-state index is -4.49. The minimum Gasteiger partial charge on any atom is -0.356 e. The maximum Gasteiger partial charge on any atom is 0.408 e. The molecular weight excluding hydrogens is 250 g/mol. The average molecular weight is 258 g/mol. The molecule has 0 saturated carbocycles. The molecule has 90 valence electrons. The van der Waals surface area contributed by atoms with Crippen molar-refractivity contribution in [3.63, 3.8) is 0 Å². The number of rotatable bonds is 2. The molecule has 0 unspecified atom stereocenters. The first-order valence-electron chi connectivity index (χ1n) is 4.24. The van der Waals surface area contributed by atoms with Crippen LogP contribution in [0.2, 0.25) is 5.28 Å².